The van der Waals surface area contributed by atoms with Gasteiger partial charge < -0.3 is 50.7 Å². The molecule has 54 heavy (non-hydrogen) atoms. The van der Waals surface area contributed by atoms with E-state index in [4.69, 9.17) is 55.7 Å². The number of allylic oxidation sites excluding steroid dienone is 4. The molecule has 0 aromatic heterocycles. The van der Waals surface area contributed by atoms with Gasteiger partial charge in [-0.25, -0.2) is 0 Å². The maximum absolute atomic E-state index is 10.5. The van der Waals surface area contributed by atoms with Crippen molar-refractivity contribution in [3.8, 4) is 0 Å². The van der Waals surface area contributed by atoms with Crippen molar-refractivity contribution in [1.29, 1.82) is 0 Å². The van der Waals surface area contributed by atoms with Crippen molar-refractivity contribution < 1.29 is 49.7 Å². The number of hydrogen-bond acceptors (Lipinski definition) is 10. The van der Waals surface area contributed by atoms with Crippen LogP contribution >= 0.6 is 36.0 Å². The second-order valence-electron chi connectivity index (χ2n) is 13.8. The minimum atomic E-state index is -0.801. The Bertz CT molecular complexity index is 1350. The zero-order valence-corrected chi connectivity index (χ0v) is 33.5. The van der Waals surface area contributed by atoms with Crippen LogP contribution in [0.1, 0.15) is 89.5 Å². The van der Waals surface area contributed by atoms with Crippen LogP contribution in [-0.4, -0.2) is 97.1 Å². The molecule has 0 amide bonds. The molecule has 0 radical (unpaired) electrons. The number of unbranched alkanes of at least 4 members (excludes halogenated alkanes) is 3. The third-order valence-corrected chi connectivity index (χ3v) is 10.4. The molecule has 0 spiro atoms. The van der Waals surface area contributed by atoms with Crippen molar-refractivity contribution in [1.82, 2.24) is 10.6 Å². The zero-order chi connectivity index (χ0) is 39.9. The maximum Gasteiger partial charge on any atom is 0.303 e. The average molecular weight is 815 g/mol. The van der Waals surface area contributed by atoms with Gasteiger partial charge in [0, 0.05) is 42.8 Å². The molecule has 15 heteroatoms. The van der Waals surface area contributed by atoms with Gasteiger partial charge in [-0.2, -0.15) is 0 Å². The van der Waals surface area contributed by atoms with Crippen molar-refractivity contribution in [2.75, 3.05) is 19.8 Å². The Morgan fingerprint density at radius 3 is 1.70 bits per heavy atom. The van der Waals surface area contributed by atoms with Gasteiger partial charge in [0.05, 0.1) is 37.6 Å². The molecule has 0 saturated heterocycles. The fourth-order valence-corrected chi connectivity index (χ4v) is 7.11. The molecule has 3 rings (SSSR count). The highest BCUT2D eigenvalue weighted by Gasteiger charge is 2.42. The molecular weight excluding hydrogens is 756 g/mol. The van der Waals surface area contributed by atoms with E-state index in [1.54, 1.807) is 6.07 Å². The molecule has 8 N–H and O–H groups in total. The van der Waals surface area contributed by atoms with Crippen molar-refractivity contribution >= 4 is 58.3 Å². The van der Waals surface area contributed by atoms with Crippen LogP contribution in [0.3, 0.4) is 0 Å². The molecule has 0 bridgehead atoms. The van der Waals surface area contributed by atoms with Gasteiger partial charge in [-0.1, -0.05) is 61.4 Å². The molecule has 1 aromatic rings. The van der Waals surface area contributed by atoms with Gasteiger partial charge in [0.15, 0.2) is 0 Å². The standard InChI is InChI=1S/C21H28ClNO5S.C18H31NO5S/c22-15-7-5-6-14(10-15)12-23-21(29)28-13-17-16(18(24)11-19(17)25)8-3-1-2-4-9-20(26)27;1-2-3-10-19-18(25)24-12-14-13(15(20)11-16(14)21)8-6-4-5-7-9-17(22)23/h1,3,5-7,10,16-19,24-25H,2,4,8-9,11-13H2,(H,23,29)(H,26,27);4,6,13-16,20-21H,2-3,5,7-12H2,1H3,(H,19,25)(H,22,23)/b3-1-;6-4-/t16-,17-,18+,19-;13-,14-,15+,16-/m11/s1. The summed E-state index contributed by atoms with van der Waals surface area (Å²) >= 11 is 16.3. The van der Waals surface area contributed by atoms with E-state index in [-0.39, 0.29) is 54.9 Å². The fraction of sp³-hybridized carbons (Fsp3) is 0.641. The van der Waals surface area contributed by atoms with Crippen molar-refractivity contribution in [2.24, 2.45) is 23.7 Å². The molecule has 8 atom stereocenters. The van der Waals surface area contributed by atoms with E-state index in [0.29, 0.717) is 68.1 Å². The summed E-state index contributed by atoms with van der Waals surface area (Å²) in [5.74, 6) is -2.18. The number of hydrogen-bond donors (Lipinski definition) is 8. The number of halogens is 1. The largest absolute Gasteiger partial charge is 0.481 e. The fourth-order valence-electron chi connectivity index (χ4n) is 6.59. The third-order valence-electron chi connectivity index (χ3n) is 9.65. The van der Waals surface area contributed by atoms with Crippen LogP contribution in [0.4, 0.5) is 0 Å². The molecule has 2 fully saturated rings. The molecule has 2 saturated carbocycles. The number of thiocarbonyl (C=S) groups is 2. The van der Waals surface area contributed by atoms with Gasteiger partial charge in [-0.05, 0) is 112 Å². The van der Waals surface area contributed by atoms with Gasteiger partial charge in [-0.3, -0.25) is 9.59 Å². The normalized spacial score (nSPS) is 24.9. The van der Waals surface area contributed by atoms with Crippen LogP contribution < -0.4 is 10.6 Å². The first kappa shape index (κ1) is 47.3. The lowest BCUT2D eigenvalue weighted by molar-refractivity contribution is -0.138. The van der Waals surface area contributed by atoms with Crippen molar-refractivity contribution in [3.63, 3.8) is 0 Å². The number of aliphatic hydroxyl groups excluding tert-OH is 4. The predicted octanol–water partition coefficient (Wildman–Crippen LogP) is 5.53. The SMILES string of the molecule is CCCCNC(=S)OC[C@@H]1[C@@H](C/C=C\CCCC(=O)O)[C@@H](O)C[C@H]1O.O=C(O)CCC/C=C\C[C@@H]1[C@@H](COC(=S)NCc2cccc(Cl)c2)[C@H](O)C[C@@H]1O. The number of carboxylic acid groups (broad SMARTS) is 2. The van der Waals surface area contributed by atoms with E-state index in [1.165, 1.54) is 0 Å². The molecular formula is C39H59ClN2O10S2. The van der Waals surface area contributed by atoms with Gasteiger partial charge in [0.25, 0.3) is 10.3 Å². The van der Waals surface area contributed by atoms with Crippen LogP contribution in [0.2, 0.25) is 5.02 Å². The summed E-state index contributed by atoms with van der Waals surface area (Å²) in [5, 5.41) is 65.4. The maximum atomic E-state index is 10.5. The van der Waals surface area contributed by atoms with Crippen molar-refractivity contribution in [2.45, 2.75) is 115 Å². The van der Waals surface area contributed by atoms with Gasteiger partial charge in [0.2, 0.25) is 0 Å². The molecule has 1 aromatic carbocycles. The molecule has 0 unspecified atom stereocenters. The number of aliphatic hydroxyl groups is 4. The number of ether oxygens (including phenoxy) is 2. The number of rotatable bonds is 21. The lowest BCUT2D eigenvalue weighted by Gasteiger charge is -2.23. The van der Waals surface area contributed by atoms with Crippen molar-refractivity contribution in [3.05, 3.63) is 59.2 Å². The topological polar surface area (TPSA) is 198 Å². The Morgan fingerprint density at radius 1 is 0.759 bits per heavy atom. The lowest BCUT2D eigenvalue weighted by atomic mass is 9.91. The molecule has 2 aliphatic carbocycles. The highest BCUT2D eigenvalue weighted by atomic mass is 35.5. The Labute approximate surface area is 335 Å². The summed E-state index contributed by atoms with van der Waals surface area (Å²) in [6, 6.07) is 7.43. The summed E-state index contributed by atoms with van der Waals surface area (Å²) in [4.78, 5) is 21.0. The number of benzene rings is 1. The first-order chi connectivity index (χ1) is 25.8. The van der Waals surface area contributed by atoms with Gasteiger partial charge in [-0.15, -0.1) is 0 Å². The van der Waals surface area contributed by atoms with Gasteiger partial charge >= 0.3 is 11.9 Å². The quantitative estimate of drug-likeness (QED) is 0.0438. The predicted molar refractivity (Wildman–Crippen MR) is 216 cm³/mol. The average Bonchev–Trinajstić information content (AvgIpc) is 3.55. The Balaban J connectivity index is 0.000000378. The minimum absolute atomic E-state index is 0.0795. The highest BCUT2D eigenvalue weighted by Crippen LogP contribution is 2.36. The summed E-state index contributed by atoms with van der Waals surface area (Å²) in [6.45, 7) is 3.86. The molecule has 0 heterocycles. The van der Waals surface area contributed by atoms with E-state index in [9.17, 15) is 30.0 Å². The summed E-state index contributed by atoms with van der Waals surface area (Å²) in [5.41, 5.74) is 0.977. The Hall–Kier alpha value is -2.85. The smallest absolute Gasteiger partial charge is 0.303 e. The third kappa shape index (κ3) is 19.1. The summed E-state index contributed by atoms with van der Waals surface area (Å²) in [7, 11) is 0. The van der Waals surface area contributed by atoms with E-state index in [0.717, 1.165) is 24.9 Å². The lowest BCUT2D eigenvalue weighted by Crippen LogP contribution is -2.31. The van der Waals surface area contributed by atoms with Crippen LogP contribution in [-0.2, 0) is 25.6 Å². The Kier molecular flexibility index (Phi) is 23.5. The molecule has 304 valence electrons. The Morgan fingerprint density at radius 2 is 1.24 bits per heavy atom. The molecule has 2 aliphatic rings. The van der Waals surface area contributed by atoms with Crippen LogP contribution in [0, 0.1) is 23.7 Å². The molecule has 0 aliphatic heterocycles. The first-order valence-corrected chi connectivity index (χ1v) is 20.0. The van der Waals surface area contributed by atoms with Crippen LogP contribution in [0.25, 0.3) is 0 Å². The van der Waals surface area contributed by atoms with Crippen LogP contribution in [0.5, 0.6) is 0 Å². The zero-order valence-electron chi connectivity index (χ0n) is 31.1. The van der Waals surface area contributed by atoms with Gasteiger partial charge in [0.1, 0.15) is 0 Å². The molecule has 12 nitrogen and oxygen atoms in total. The number of carbonyl (C=O) groups is 2. The number of nitrogens with one attached hydrogen (secondary N) is 2. The second-order valence-corrected chi connectivity index (χ2v) is 15.0. The van der Waals surface area contributed by atoms with E-state index in [2.05, 4.69) is 17.6 Å². The van der Waals surface area contributed by atoms with Crippen LogP contribution in [0.15, 0.2) is 48.6 Å². The number of carboxylic acids is 2. The first-order valence-electron chi connectivity index (χ1n) is 18.8. The monoisotopic (exact) mass is 814 g/mol. The number of aliphatic carboxylic acids is 2. The van der Waals surface area contributed by atoms with E-state index < -0.39 is 36.4 Å². The van der Waals surface area contributed by atoms with E-state index >= 15 is 0 Å². The van der Waals surface area contributed by atoms with E-state index in [1.807, 2.05) is 42.5 Å². The highest BCUT2D eigenvalue weighted by molar-refractivity contribution is 7.80. The second kappa shape index (κ2) is 26.9. The minimum Gasteiger partial charge on any atom is -0.481 e. The summed E-state index contributed by atoms with van der Waals surface area (Å²) < 4.78 is 11.2. The summed E-state index contributed by atoms with van der Waals surface area (Å²) in [6.07, 6.45) is 12.2.